The number of aromatic nitrogens is 1. The molecule has 0 spiro atoms. The number of pyridine rings is 1. The molecule has 0 amide bonds. The molecule has 0 aliphatic heterocycles. The monoisotopic (exact) mass is 138 g/mol. The molecule has 10 heavy (non-hydrogen) atoms. The molecule has 0 radical (unpaired) electrons. The van der Waals surface area contributed by atoms with Gasteiger partial charge < -0.3 is 10.8 Å². The quantitative estimate of drug-likeness (QED) is 0.562. The Hall–Kier alpha value is -1.25. The zero-order valence-corrected chi connectivity index (χ0v) is 6.05. The molecule has 0 aromatic carbocycles. The van der Waals surface area contributed by atoms with Gasteiger partial charge in [-0.25, -0.2) is 4.98 Å². The highest BCUT2D eigenvalue weighted by molar-refractivity contribution is 5.50. The van der Waals surface area contributed by atoms with Crippen LogP contribution in [0.4, 0.5) is 5.82 Å². The van der Waals surface area contributed by atoms with Gasteiger partial charge in [-0.2, -0.15) is 0 Å². The molecule has 1 rings (SSSR count). The van der Waals surface area contributed by atoms with Gasteiger partial charge in [0.05, 0.1) is 0 Å². The lowest BCUT2D eigenvalue weighted by atomic mass is 10.2. The van der Waals surface area contributed by atoms with Crippen LogP contribution < -0.4 is 5.73 Å². The first kappa shape index (κ1) is 6.86. The smallest absolute Gasteiger partial charge is 0.166 e. The molecular formula is C7H10N2O. The molecule has 54 valence electrons. The predicted molar refractivity (Wildman–Crippen MR) is 39.8 cm³/mol. The summed E-state index contributed by atoms with van der Waals surface area (Å²) in [6.45, 7) is 3.63. The number of rotatable bonds is 0. The fourth-order valence-electron chi connectivity index (χ4n) is 0.859. The summed E-state index contributed by atoms with van der Waals surface area (Å²) in [5, 5.41) is 9.14. The van der Waals surface area contributed by atoms with Gasteiger partial charge in [0, 0.05) is 5.69 Å². The third kappa shape index (κ3) is 1.03. The van der Waals surface area contributed by atoms with Gasteiger partial charge in [0.25, 0.3) is 0 Å². The number of anilines is 1. The van der Waals surface area contributed by atoms with E-state index in [1.807, 2.05) is 6.92 Å². The number of nitrogens with two attached hydrogens (primary N) is 1. The summed E-state index contributed by atoms with van der Waals surface area (Å²) in [6.07, 6.45) is 0. The Morgan fingerprint density at radius 2 is 2.10 bits per heavy atom. The van der Waals surface area contributed by atoms with E-state index in [1.165, 1.54) is 0 Å². The number of nitrogens with zero attached hydrogens (tertiary/aromatic N) is 1. The largest absolute Gasteiger partial charge is 0.504 e. The Labute approximate surface area is 59.5 Å². The Bertz CT molecular complexity index is 235. The van der Waals surface area contributed by atoms with E-state index in [2.05, 4.69) is 4.98 Å². The lowest BCUT2D eigenvalue weighted by molar-refractivity contribution is 0.471. The van der Waals surface area contributed by atoms with Crippen molar-refractivity contribution < 1.29 is 5.11 Å². The molecule has 1 aromatic heterocycles. The molecule has 0 bridgehead atoms. The van der Waals surface area contributed by atoms with Crippen LogP contribution in [0, 0.1) is 13.8 Å². The maximum Gasteiger partial charge on any atom is 0.166 e. The lowest BCUT2D eigenvalue weighted by Gasteiger charge is -2.01. The van der Waals surface area contributed by atoms with E-state index in [-0.39, 0.29) is 11.6 Å². The van der Waals surface area contributed by atoms with Gasteiger partial charge in [0.2, 0.25) is 0 Å². The topological polar surface area (TPSA) is 59.1 Å². The van der Waals surface area contributed by atoms with Crippen molar-refractivity contribution >= 4 is 5.82 Å². The molecule has 0 fully saturated rings. The van der Waals surface area contributed by atoms with Crippen LogP contribution in [0.15, 0.2) is 6.07 Å². The summed E-state index contributed by atoms with van der Waals surface area (Å²) < 4.78 is 0. The van der Waals surface area contributed by atoms with E-state index in [9.17, 15) is 0 Å². The van der Waals surface area contributed by atoms with Gasteiger partial charge in [-0.05, 0) is 25.5 Å². The van der Waals surface area contributed by atoms with E-state index in [0.717, 1.165) is 11.3 Å². The minimum atomic E-state index is 0.0885. The van der Waals surface area contributed by atoms with E-state index in [1.54, 1.807) is 13.0 Å². The second-order valence-electron chi connectivity index (χ2n) is 2.31. The molecule has 0 atom stereocenters. The van der Waals surface area contributed by atoms with Crippen molar-refractivity contribution in [2.24, 2.45) is 0 Å². The molecule has 3 heteroatoms. The summed E-state index contributed by atoms with van der Waals surface area (Å²) in [6, 6.07) is 1.78. The van der Waals surface area contributed by atoms with Gasteiger partial charge in [-0.1, -0.05) is 0 Å². The normalized spacial score (nSPS) is 9.80. The van der Waals surface area contributed by atoms with Crippen molar-refractivity contribution in [3.63, 3.8) is 0 Å². The SMILES string of the molecule is Cc1cc(C)c(O)c(N)n1. The van der Waals surface area contributed by atoms with Crippen LogP contribution in [0.2, 0.25) is 0 Å². The second-order valence-corrected chi connectivity index (χ2v) is 2.31. The maximum atomic E-state index is 9.14. The highest BCUT2D eigenvalue weighted by Gasteiger charge is 2.01. The zero-order chi connectivity index (χ0) is 7.72. The minimum Gasteiger partial charge on any atom is -0.504 e. The van der Waals surface area contributed by atoms with Gasteiger partial charge in [0.15, 0.2) is 11.6 Å². The third-order valence-electron chi connectivity index (χ3n) is 1.34. The van der Waals surface area contributed by atoms with Crippen LogP contribution in [-0.2, 0) is 0 Å². The molecule has 1 aromatic rings. The third-order valence-corrected chi connectivity index (χ3v) is 1.34. The van der Waals surface area contributed by atoms with Crippen molar-refractivity contribution in [1.29, 1.82) is 0 Å². The standard InChI is InChI=1S/C7H10N2O/c1-4-3-5(2)9-7(8)6(4)10/h3,10H,1-2H3,(H2,8,9). The van der Waals surface area contributed by atoms with Crippen LogP contribution in [0.3, 0.4) is 0 Å². The van der Waals surface area contributed by atoms with E-state index in [4.69, 9.17) is 10.8 Å². The van der Waals surface area contributed by atoms with Gasteiger partial charge >= 0.3 is 0 Å². The first-order valence-electron chi connectivity index (χ1n) is 3.04. The highest BCUT2D eigenvalue weighted by Crippen LogP contribution is 2.21. The van der Waals surface area contributed by atoms with Gasteiger partial charge in [-0.3, -0.25) is 0 Å². The number of hydrogen-bond donors (Lipinski definition) is 2. The number of nitrogen functional groups attached to an aromatic ring is 1. The van der Waals surface area contributed by atoms with Crippen LogP contribution >= 0.6 is 0 Å². The van der Waals surface area contributed by atoms with E-state index in [0.29, 0.717) is 0 Å². The molecule has 0 unspecified atom stereocenters. The van der Waals surface area contributed by atoms with Crippen molar-refractivity contribution in [2.75, 3.05) is 5.73 Å². The number of hydrogen-bond acceptors (Lipinski definition) is 3. The Morgan fingerprint density at radius 3 is 2.60 bits per heavy atom. The van der Waals surface area contributed by atoms with Crippen LogP contribution in [0.1, 0.15) is 11.3 Å². The Kier molecular flexibility index (Phi) is 1.49. The van der Waals surface area contributed by atoms with Gasteiger partial charge in [0.1, 0.15) is 0 Å². The number of aromatic hydroxyl groups is 1. The lowest BCUT2D eigenvalue weighted by Crippen LogP contribution is -1.94. The van der Waals surface area contributed by atoms with Gasteiger partial charge in [-0.15, -0.1) is 0 Å². The summed E-state index contributed by atoms with van der Waals surface area (Å²) in [5.41, 5.74) is 6.96. The van der Waals surface area contributed by atoms with Crippen molar-refractivity contribution in [3.05, 3.63) is 17.3 Å². The maximum absolute atomic E-state index is 9.14. The first-order chi connectivity index (χ1) is 4.61. The predicted octanol–water partition coefficient (Wildman–Crippen LogP) is 0.986. The molecule has 0 aliphatic rings. The zero-order valence-electron chi connectivity index (χ0n) is 6.05. The summed E-state index contributed by atoms with van der Waals surface area (Å²) in [5.74, 6) is 0.295. The first-order valence-corrected chi connectivity index (χ1v) is 3.04. The molecular weight excluding hydrogens is 128 g/mol. The average molecular weight is 138 g/mol. The van der Waals surface area contributed by atoms with Crippen molar-refractivity contribution in [3.8, 4) is 5.75 Å². The Morgan fingerprint density at radius 1 is 1.50 bits per heavy atom. The number of aryl methyl sites for hydroxylation is 2. The van der Waals surface area contributed by atoms with E-state index >= 15 is 0 Å². The van der Waals surface area contributed by atoms with Crippen molar-refractivity contribution in [1.82, 2.24) is 4.98 Å². The van der Waals surface area contributed by atoms with Crippen LogP contribution in [0.25, 0.3) is 0 Å². The van der Waals surface area contributed by atoms with E-state index < -0.39 is 0 Å². The summed E-state index contributed by atoms with van der Waals surface area (Å²) >= 11 is 0. The van der Waals surface area contributed by atoms with Crippen LogP contribution in [-0.4, -0.2) is 10.1 Å². The molecule has 0 aliphatic carbocycles. The fourth-order valence-corrected chi connectivity index (χ4v) is 0.859. The molecule has 0 saturated heterocycles. The highest BCUT2D eigenvalue weighted by atomic mass is 16.3. The average Bonchev–Trinajstić information content (AvgIpc) is 1.82. The molecule has 3 N–H and O–H groups in total. The molecule has 0 saturated carbocycles. The summed E-state index contributed by atoms with van der Waals surface area (Å²) in [4.78, 5) is 3.86. The minimum absolute atomic E-state index is 0.0885. The second kappa shape index (κ2) is 2.17. The fraction of sp³-hybridized carbons (Fsp3) is 0.286. The summed E-state index contributed by atoms with van der Waals surface area (Å²) in [7, 11) is 0. The molecule has 1 heterocycles. The van der Waals surface area contributed by atoms with Crippen LogP contribution in [0.5, 0.6) is 5.75 Å². The Balaban J connectivity index is 3.31. The van der Waals surface area contributed by atoms with Crippen molar-refractivity contribution in [2.45, 2.75) is 13.8 Å². The molecule has 3 nitrogen and oxygen atoms in total.